The van der Waals surface area contributed by atoms with Gasteiger partial charge in [0, 0.05) is 43.2 Å². The van der Waals surface area contributed by atoms with E-state index in [4.69, 9.17) is 4.74 Å². The molecule has 0 aliphatic heterocycles. The Morgan fingerprint density at radius 3 is 1.28 bits per heavy atom. The zero-order valence-corrected chi connectivity index (χ0v) is 35.3. The molecular weight excluding hydrogens is 603 g/mol. The minimum Gasteiger partial charge on any atom is -0.376 e. The van der Waals surface area contributed by atoms with Crippen LogP contribution in [0.15, 0.2) is 0 Å². The van der Waals surface area contributed by atoms with Crippen LogP contribution in [-0.2, 0) is 19.1 Å². The summed E-state index contributed by atoms with van der Waals surface area (Å²) in [5, 5.41) is 2.89. The number of ether oxygens (including phenoxy) is 1. The molecule has 47 heavy (non-hydrogen) atoms. The Morgan fingerprint density at radius 2 is 0.957 bits per heavy atom. The van der Waals surface area contributed by atoms with E-state index in [1.165, 1.54) is 37.2 Å². The van der Waals surface area contributed by atoms with E-state index in [1.807, 2.05) is 69.2 Å². The largest absolute Gasteiger partial charge is 0.376 e. The molecule has 0 bridgehead atoms. The third kappa shape index (κ3) is 43.1. The van der Waals surface area contributed by atoms with Crippen LogP contribution in [0.4, 0.5) is 0 Å². The van der Waals surface area contributed by atoms with Gasteiger partial charge >= 0.3 is 0 Å². The summed E-state index contributed by atoms with van der Waals surface area (Å²) >= 11 is 2.13. The highest BCUT2D eigenvalue weighted by Gasteiger charge is 2.20. The van der Waals surface area contributed by atoms with Crippen LogP contribution >= 0.6 is 11.8 Å². The van der Waals surface area contributed by atoms with Crippen molar-refractivity contribution in [1.29, 1.82) is 0 Å². The Labute approximate surface area is 299 Å². The van der Waals surface area contributed by atoms with Gasteiger partial charge in [-0.1, -0.05) is 109 Å². The molecule has 6 heteroatoms. The molecule has 0 aliphatic rings. The highest BCUT2D eigenvalue weighted by Crippen LogP contribution is 2.24. The Bertz CT molecular complexity index is 750. The van der Waals surface area contributed by atoms with Crippen molar-refractivity contribution in [3.63, 3.8) is 0 Å². The van der Waals surface area contributed by atoms with Crippen LogP contribution in [-0.4, -0.2) is 47.7 Å². The molecule has 0 fully saturated rings. The van der Waals surface area contributed by atoms with Crippen molar-refractivity contribution in [1.82, 2.24) is 5.32 Å². The smallest absolute Gasteiger partial charge is 0.225 e. The maximum Gasteiger partial charge on any atom is 0.225 e. The van der Waals surface area contributed by atoms with Crippen LogP contribution in [0.2, 0.25) is 0 Å². The molecule has 0 aromatic rings. The second-order valence-corrected chi connectivity index (χ2v) is 19.5. The molecule has 0 aromatic carbocycles. The van der Waals surface area contributed by atoms with E-state index in [0.717, 1.165) is 51.4 Å². The monoisotopic (exact) mass is 686 g/mol. The van der Waals surface area contributed by atoms with E-state index < -0.39 is 0 Å². The molecule has 1 amide bonds. The van der Waals surface area contributed by atoms with Crippen molar-refractivity contribution in [3.05, 3.63) is 0 Å². The van der Waals surface area contributed by atoms with Gasteiger partial charge in [0.2, 0.25) is 5.91 Å². The lowest BCUT2D eigenvalue weighted by atomic mass is 9.91. The first-order valence-electron chi connectivity index (χ1n) is 18.8. The topological polar surface area (TPSA) is 72.5 Å². The van der Waals surface area contributed by atoms with Gasteiger partial charge in [-0.3, -0.25) is 14.4 Å². The Kier molecular flexibility index (Phi) is 28.9. The van der Waals surface area contributed by atoms with E-state index in [-0.39, 0.29) is 28.8 Å². The van der Waals surface area contributed by atoms with Crippen molar-refractivity contribution >= 4 is 29.2 Å². The summed E-state index contributed by atoms with van der Waals surface area (Å²) in [6, 6.07) is 0. The standard InChI is InChI=1S/C15H28O2.C14H30S.C12H25NO2/c1-12(2)14(16)10-8-6-5-7-9-11-15(17)13(3)4;1-13(2,3)9-7-11-15-12-8-10-14(4,5)6;1-11(2,3)10(14)13-8-7-9-15-12(4,5)6/h12-13H,5-11H2,1-4H3;7-12H2,1-6H3;7-9H2,1-6H3,(H,13,14). The minimum absolute atomic E-state index is 0.0892. The Hall–Kier alpha value is -0.880. The predicted molar refractivity (Wildman–Crippen MR) is 209 cm³/mol. The third-order valence-electron chi connectivity index (χ3n) is 7.39. The van der Waals surface area contributed by atoms with E-state index >= 15 is 0 Å². The summed E-state index contributed by atoms with van der Waals surface area (Å²) in [5.74, 6) is 3.90. The number of hydrogen-bond acceptors (Lipinski definition) is 5. The first-order valence-corrected chi connectivity index (χ1v) is 20.0. The molecule has 0 rings (SSSR count). The average Bonchev–Trinajstić information content (AvgIpc) is 2.89. The van der Waals surface area contributed by atoms with Crippen molar-refractivity contribution in [2.45, 2.75) is 193 Å². The van der Waals surface area contributed by atoms with Gasteiger partial charge in [0.05, 0.1) is 5.60 Å². The van der Waals surface area contributed by atoms with Crippen LogP contribution in [0, 0.1) is 28.1 Å². The molecule has 282 valence electrons. The highest BCUT2D eigenvalue weighted by atomic mass is 32.2. The maximum absolute atomic E-state index is 11.5. The normalized spacial score (nSPS) is 12.3. The summed E-state index contributed by atoms with van der Waals surface area (Å²) in [4.78, 5) is 34.2. The van der Waals surface area contributed by atoms with Gasteiger partial charge in [-0.15, -0.1) is 0 Å². The van der Waals surface area contributed by atoms with Crippen molar-refractivity contribution < 1.29 is 19.1 Å². The number of rotatable bonds is 20. The molecule has 0 aromatic heterocycles. The fraction of sp³-hybridized carbons (Fsp3) is 0.927. The Morgan fingerprint density at radius 1 is 0.574 bits per heavy atom. The number of amides is 1. The van der Waals surface area contributed by atoms with Crippen LogP contribution in [0.5, 0.6) is 0 Å². The van der Waals surface area contributed by atoms with Gasteiger partial charge < -0.3 is 10.1 Å². The third-order valence-corrected chi connectivity index (χ3v) is 8.54. The molecule has 0 saturated carbocycles. The summed E-state index contributed by atoms with van der Waals surface area (Å²) in [6.45, 7) is 35.0. The van der Waals surface area contributed by atoms with E-state index in [9.17, 15) is 14.4 Å². The maximum atomic E-state index is 11.5. The lowest BCUT2D eigenvalue weighted by molar-refractivity contribution is -0.128. The molecule has 0 radical (unpaired) electrons. The lowest BCUT2D eigenvalue weighted by Crippen LogP contribution is -2.35. The number of hydrogen-bond donors (Lipinski definition) is 1. The summed E-state index contributed by atoms with van der Waals surface area (Å²) in [7, 11) is 0. The molecule has 1 N–H and O–H groups in total. The van der Waals surface area contributed by atoms with E-state index in [1.54, 1.807) is 0 Å². The number of carbonyl (C=O) groups excluding carboxylic acids is 3. The second-order valence-electron chi connectivity index (χ2n) is 18.3. The van der Waals surface area contributed by atoms with Gasteiger partial charge in [-0.25, -0.2) is 0 Å². The van der Waals surface area contributed by atoms with Crippen molar-refractivity contribution in [2.24, 2.45) is 28.1 Å². The first kappa shape index (κ1) is 50.5. The van der Waals surface area contributed by atoms with E-state index in [2.05, 4.69) is 58.6 Å². The molecule has 5 nitrogen and oxygen atoms in total. The molecule has 0 spiro atoms. The fourth-order valence-electron chi connectivity index (χ4n) is 4.13. The molecule has 0 atom stereocenters. The minimum atomic E-state index is -0.301. The number of thioether (sulfide) groups is 1. The van der Waals surface area contributed by atoms with Crippen molar-refractivity contribution in [2.75, 3.05) is 24.7 Å². The van der Waals surface area contributed by atoms with Gasteiger partial charge in [-0.2, -0.15) is 11.8 Å². The molecule has 0 unspecified atom stereocenters. The molecule has 0 aliphatic carbocycles. The number of carbonyl (C=O) groups is 3. The zero-order chi connectivity index (χ0) is 37.3. The highest BCUT2D eigenvalue weighted by molar-refractivity contribution is 7.99. The zero-order valence-electron chi connectivity index (χ0n) is 34.5. The van der Waals surface area contributed by atoms with Crippen LogP contribution in [0.1, 0.15) is 188 Å². The van der Waals surface area contributed by atoms with Crippen LogP contribution in [0.25, 0.3) is 0 Å². The predicted octanol–water partition coefficient (Wildman–Crippen LogP) is 11.9. The number of unbranched alkanes of at least 4 members (excludes halogenated alkanes) is 4. The SMILES string of the molecule is CC(C)(C)CCCSCCCC(C)(C)C.CC(C)(C)OCCCNC(=O)C(C)(C)C.CC(C)C(=O)CCCCCCCC(=O)C(C)C. The van der Waals surface area contributed by atoms with Gasteiger partial charge in [0.15, 0.2) is 0 Å². The number of Topliss-reactive ketones (excluding diaryl/α,β-unsaturated/α-hetero) is 2. The van der Waals surface area contributed by atoms with Gasteiger partial charge in [0.25, 0.3) is 0 Å². The summed E-state index contributed by atoms with van der Waals surface area (Å²) in [6.07, 6.45) is 13.2. The molecule has 0 heterocycles. The average molecular weight is 686 g/mol. The lowest BCUT2D eigenvalue weighted by Gasteiger charge is -2.20. The number of nitrogens with one attached hydrogen (secondary N) is 1. The van der Waals surface area contributed by atoms with Crippen LogP contribution < -0.4 is 5.32 Å². The van der Waals surface area contributed by atoms with E-state index in [0.29, 0.717) is 35.5 Å². The fourth-order valence-corrected chi connectivity index (χ4v) is 5.04. The first-order chi connectivity index (χ1) is 21.3. The Balaban J connectivity index is -0.000000620. The quantitative estimate of drug-likeness (QED) is 0.129. The second kappa shape index (κ2) is 26.9. The van der Waals surface area contributed by atoms with Crippen molar-refractivity contribution in [3.8, 4) is 0 Å². The van der Waals surface area contributed by atoms with Gasteiger partial charge in [0.1, 0.15) is 11.6 Å². The number of ketones is 2. The summed E-state index contributed by atoms with van der Waals surface area (Å²) < 4.78 is 5.55. The summed E-state index contributed by atoms with van der Waals surface area (Å²) in [5.41, 5.74) is 0.650. The van der Waals surface area contributed by atoms with Crippen LogP contribution in [0.3, 0.4) is 0 Å². The molecular formula is C41H83NO4S. The van der Waals surface area contributed by atoms with Gasteiger partial charge in [-0.05, 0) is 88.1 Å². The molecule has 0 saturated heterocycles.